The monoisotopic (exact) mass is 314 g/mol. The van der Waals surface area contributed by atoms with Crippen LogP contribution in [-0.2, 0) is 9.53 Å². The molecular formula is C19H38O3. The Hall–Kier alpha value is -0.570. The summed E-state index contributed by atoms with van der Waals surface area (Å²) in [6.45, 7) is 12.8. The fraction of sp³-hybridized carbons (Fsp3) is 0.947. The van der Waals surface area contributed by atoms with Gasteiger partial charge >= 0.3 is 5.97 Å². The third-order valence-electron chi connectivity index (χ3n) is 5.56. The summed E-state index contributed by atoms with van der Waals surface area (Å²) in [7, 11) is 1.42. The van der Waals surface area contributed by atoms with Gasteiger partial charge in [0.05, 0.1) is 19.1 Å². The summed E-state index contributed by atoms with van der Waals surface area (Å²) in [5.41, 5.74) is -0.429. The van der Waals surface area contributed by atoms with Crippen molar-refractivity contribution in [3.8, 4) is 0 Å². The first-order valence-electron chi connectivity index (χ1n) is 8.98. The van der Waals surface area contributed by atoms with Crippen LogP contribution in [0, 0.1) is 17.3 Å². The molecule has 0 saturated heterocycles. The fourth-order valence-electron chi connectivity index (χ4n) is 3.24. The molecule has 0 bridgehead atoms. The van der Waals surface area contributed by atoms with E-state index < -0.39 is 5.60 Å². The van der Waals surface area contributed by atoms with Crippen molar-refractivity contribution in [1.82, 2.24) is 0 Å². The molecule has 3 nitrogen and oxygen atoms in total. The van der Waals surface area contributed by atoms with E-state index in [1.165, 1.54) is 20.0 Å². The predicted molar refractivity (Wildman–Crippen MR) is 92.7 cm³/mol. The molecule has 3 heteroatoms. The minimum Gasteiger partial charge on any atom is -0.469 e. The van der Waals surface area contributed by atoms with Gasteiger partial charge in [-0.3, -0.25) is 4.79 Å². The first-order chi connectivity index (χ1) is 10.2. The van der Waals surface area contributed by atoms with E-state index in [1.54, 1.807) is 0 Å². The second-order valence-corrected chi connectivity index (χ2v) is 7.51. The third-order valence-corrected chi connectivity index (χ3v) is 5.56. The molecule has 132 valence electrons. The van der Waals surface area contributed by atoms with E-state index in [0.29, 0.717) is 17.8 Å². The van der Waals surface area contributed by atoms with Crippen LogP contribution >= 0.6 is 0 Å². The molecule has 0 aromatic rings. The summed E-state index contributed by atoms with van der Waals surface area (Å²) < 4.78 is 4.78. The minimum atomic E-state index is -0.768. The summed E-state index contributed by atoms with van der Waals surface area (Å²) in [5.74, 6) is 0.398. The first kappa shape index (κ1) is 21.4. The molecule has 1 saturated carbocycles. The van der Waals surface area contributed by atoms with Gasteiger partial charge in [0.25, 0.3) is 0 Å². The van der Waals surface area contributed by atoms with E-state index in [4.69, 9.17) is 4.74 Å². The van der Waals surface area contributed by atoms with Crippen molar-refractivity contribution in [3.63, 3.8) is 0 Å². The minimum absolute atomic E-state index is 0.0170. The molecule has 0 aromatic heterocycles. The van der Waals surface area contributed by atoms with Crippen LogP contribution in [-0.4, -0.2) is 23.8 Å². The van der Waals surface area contributed by atoms with E-state index in [2.05, 4.69) is 20.8 Å². The number of methoxy groups -OCH3 is 1. The maximum Gasteiger partial charge on any atom is 0.305 e. The van der Waals surface area contributed by atoms with E-state index in [9.17, 15) is 9.90 Å². The number of carbonyl (C=O) groups is 1. The van der Waals surface area contributed by atoms with E-state index >= 15 is 0 Å². The van der Waals surface area contributed by atoms with Crippen LogP contribution < -0.4 is 0 Å². The fourth-order valence-corrected chi connectivity index (χ4v) is 3.24. The van der Waals surface area contributed by atoms with Crippen LogP contribution in [0.5, 0.6) is 0 Å². The summed E-state index contributed by atoms with van der Waals surface area (Å²) >= 11 is 0. The molecule has 1 rings (SSSR count). The topological polar surface area (TPSA) is 46.5 Å². The van der Waals surface area contributed by atoms with Crippen LogP contribution in [0.2, 0.25) is 0 Å². The Balaban J connectivity index is 0.00000211. The molecule has 0 aliphatic heterocycles. The summed E-state index contributed by atoms with van der Waals surface area (Å²) in [6, 6.07) is 0. The zero-order valence-electron chi connectivity index (χ0n) is 15.9. The molecule has 0 spiro atoms. The Morgan fingerprint density at radius 2 is 1.73 bits per heavy atom. The van der Waals surface area contributed by atoms with Crippen LogP contribution in [0.3, 0.4) is 0 Å². The van der Waals surface area contributed by atoms with Gasteiger partial charge in [-0.2, -0.15) is 0 Å². The zero-order chi connectivity index (χ0) is 17.4. The molecule has 1 aliphatic rings. The molecule has 0 radical (unpaired) electrons. The largest absolute Gasteiger partial charge is 0.469 e. The van der Waals surface area contributed by atoms with E-state index in [0.717, 1.165) is 25.7 Å². The lowest BCUT2D eigenvalue weighted by molar-refractivity contribution is -0.145. The summed E-state index contributed by atoms with van der Waals surface area (Å²) in [5, 5.41) is 10.8. The lowest BCUT2D eigenvalue weighted by atomic mass is 9.69. The van der Waals surface area contributed by atoms with Crippen molar-refractivity contribution in [2.45, 2.75) is 92.1 Å². The number of hydrogen-bond donors (Lipinski definition) is 1. The van der Waals surface area contributed by atoms with E-state index in [1.807, 2.05) is 20.8 Å². The van der Waals surface area contributed by atoms with Gasteiger partial charge in [0, 0.05) is 0 Å². The second-order valence-electron chi connectivity index (χ2n) is 7.51. The SMILES string of the molecule is CC.COC(=O)C[C@H]1CCCCC(C)(C)[C@H](C)CC[C@]1(C)O. The van der Waals surface area contributed by atoms with Gasteiger partial charge in [-0.1, -0.05) is 47.5 Å². The predicted octanol–water partition coefficient (Wildman–Crippen LogP) is 4.96. The second kappa shape index (κ2) is 9.54. The van der Waals surface area contributed by atoms with Crippen molar-refractivity contribution in [2.75, 3.05) is 7.11 Å². The molecule has 0 aromatic carbocycles. The molecule has 3 atom stereocenters. The smallest absolute Gasteiger partial charge is 0.305 e. The maximum absolute atomic E-state index is 11.6. The van der Waals surface area contributed by atoms with Crippen molar-refractivity contribution in [3.05, 3.63) is 0 Å². The Morgan fingerprint density at radius 1 is 1.14 bits per heavy atom. The van der Waals surface area contributed by atoms with Crippen molar-refractivity contribution >= 4 is 5.97 Å². The number of ether oxygens (including phenoxy) is 1. The van der Waals surface area contributed by atoms with Crippen molar-refractivity contribution in [1.29, 1.82) is 0 Å². The molecule has 0 heterocycles. The van der Waals surface area contributed by atoms with Crippen molar-refractivity contribution in [2.24, 2.45) is 17.3 Å². The number of hydrogen-bond acceptors (Lipinski definition) is 3. The maximum atomic E-state index is 11.6. The number of carbonyl (C=O) groups excluding carboxylic acids is 1. The third kappa shape index (κ3) is 6.68. The Morgan fingerprint density at radius 3 is 2.27 bits per heavy atom. The zero-order valence-corrected chi connectivity index (χ0v) is 15.9. The van der Waals surface area contributed by atoms with Gasteiger partial charge < -0.3 is 9.84 Å². The van der Waals surface area contributed by atoms with Gasteiger partial charge in [-0.15, -0.1) is 0 Å². The Bertz CT molecular complexity index is 321. The van der Waals surface area contributed by atoms with Crippen molar-refractivity contribution < 1.29 is 14.6 Å². The molecular weight excluding hydrogens is 276 g/mol. The first-order valence-corrected chi connectivity index (χ1v) is 8.98. The molecule has 1 fully saturated rings. The van der Waals surface area contributed by atoms with Gasteiger partial charge in [0.1, 0.15) is 0 Å². The summed E-state index contributed by atoms with van der Waals surface area (Å²) in [6.07, 6.45) is 6.49. The van der Waals surface area contributed by atoms with Gasteiger partial charge in [0.2, 0.25) is 0 Å². The lowest BCUT2D eigenvalue weighted by Gasteiger charge is -2.39. The number of aliphatic hydroxyl groups is 1. The molecule has 1 aliphatic carbocycles. The van der Waals surface area contributed by atoms with Crippen LogP contribution in [0.4, 0.5) is 0 Å². The van der Waals surface area contributed by atoms with Gasteiger partial charge in [-0.25, -0.2) is 0 Å². The molecule has 0 unspecified atom stereocenters. The van der Waals surface area contributed by atoms with Gasteiger partial charge in [0.15, 0.2) is 0 Å². The highest BCUT2D eigenvalue weighted by Crippen LogP contribution is 2.40. The number of esters is 1. The van der Waals surface area contributed by atoms with E-state index in [-0.39, 0.29) is 11.9 Å². The molecule has 0 amide bonds. The van der Waals surface area contributed by atoms with Crippen LogP contribution in [0.1, 0.15) is 86.5 Å². The average molecular weight is 315 g/mol. The highest BCUT2D eigenvalue weighted by atomic mass is 16.5. The molecule has 22 heavy (non-hydrogen) atoms. The van der Waals surface area contributed by atoms with Crippen LogP contribution in [0.15, 0.2) is 0 Å². The van der Waals surface area contributed by atoms with Crippen LogP contribution in [0.25, 0.3) is 0 Å². The molecule has 1 N–H and O–H groups in total. The summed E-state index contributed by atoms with van der Waals surface area (Å²) in [4.78, 5) is 11.6. The Kier molecular flexibility index (Phi) is 9.30. The normalized spacial score (nSPS) is 32.4. The Labute approximate surface area is 137 Å². The quantitative estimate of drug-likeness (QED) is 0.733. The highest BCUT2D eigenvalue weighted by Gasteiger charge is 2.36. The highest BCUT2D eigenvalue weighted by molar-refractivity contribution is 5.69. The lowest BCUT2D eigenvalue weighted by Crippen LogP contribution is -2.38. The van der Waals surface area contributed by atoms with Gasteiger partial charge in [-0.05, 0) is 49.9 Å². The number of rotatable bonds is 2. The average Bonchev–Trinajstić information content (AvgIpc) is 2.48. The standard InChI is InChI=1S/C17H32O3.C2H6/c1-13-9-11-17(4,19)14(12-15(18)20-5)8-6-7-10-16(13,2)3;1-2/h13-14,19H,6-12H2,1-5H3;1-2H3/t13-,14-,17+;/m1./s1.